The second-order valence-electron chi connectivity index (χ2n) is 3.50. The number of hydrazone groups is 1. The molecule has 0 aliphatic heterocycles. The average molecular weight is 300 g/mol. The van der Waals surface area contributed by atoms with Gasteiger partial charge in [-0.1, -0.05) is 65.1 Å². The molecule has 18 heavy (non-hydrogen) atoms. The summed E-state index contributed by atoms with van der Waals surface area (Å²) in [6.07, 6.45) is 0. The summed E-state index contributed by atoms with van der Waals surface area (Å²) >= 11 is 17.9. The summed E-state index contributed by atoms with van der Waals surface area (Å²) in [5, 5.41) is 5.51. The summed E-state index contributed by atoms with van der Waals surface area (Å²) in [7, 11) is 0. The number of rotatable bonds is 3. The van der Waals surface area contributed by atoms with Crippen molar-refractivity contribution in [2.75, 3.05) is 5.43 Å². The van der Waals surface area contributed by atoms with Crippen molar-refractivity contribution in [3.63, 3.8) is 0 Å². The fourth-order valence-electron chi connectivity index (χ4n) is 1.33. The molecule has 1 N–H and O–H groups in total. The third kappa shape index (κ3) is 3.39. The predicted octanol–water partition coefficient (Wildman–Crippen LogP) is 5.01. The zero-order chi connectivity index (χ0) is 13.0. The first-order valence-electron chi connectivity index (χ1n) is 5.16. The minimum atomic E-state index is 0.353. The van der Waals surface area contributed by atoms with Gasteiger partial charge in [0, 0.05) is 10.6 Å². The maximum atomic E-state index is 6.06. The zero-order valence-electron chi connectivity index (χ0n) is 9.20. The van der Waals surface area contributed by atoms with E-state index in [1.165, 1.54) is 0 Å². The van der Waals surface area contributed by atoms with Crippen LogP contribution >= 0.6 is 34.8 Å². The maximum absolute atomic E-state index is 6.06. The Morgan fingerprint density at radius 2 is 1.72 bits per heavy atom. The summed E-state index contributed by atoms with van der Waals surface area (Å²) < 4.78 is 0. The molecular weight excluding hydrogens is 291 g/mol. The summed E-state index contributed by atoms with van der Waals surface area (Å²) in [5.41, 5.74) is 4.23. The number of nitrogens with zero attached hydrogens (tertiary/aromatic N) is 1. The largest absolute Gasteiger partial charge is 0.275 e. The number of hydrogen-bond donors (Lipinski definition) is 1. The first-order chi connectivity index (χ1) is 8.66. The number of benzene rings is 2. The van der Waals surface area contributed by atoms with Crippen molar-refractivity contribution in [1.29, 1.82) is 0 Å². The standard InChI is InChI=1S/C13H9Cl3N2/c14-10-6-7-11(15)12(8-10)17-18-13(16)9-4-2-1-3-5-9/h1-8,17H. The van der Waals surface area contributed by atoms with Crippen molar-refractivity contribution < 1.29 is 0 Å². The lowest BCUT2D eigenvalue weighted by Crippen LogP contribution is -1.97. The highest BCUT2D eigenvalue weighted by molar-refractivity contribution is 6.69. The molecule has 0 fully saturated rings. The fraction of sp³-hybridized carbons (Fsp3) is 0. The van der Waals surface area contributed by atoms with E-state index in [4.69, 9.17) is 34.8 Å². The first-order valence-corrected chi connectivity index (χ1v) is 6.30. The summed E-state index contributed by atoms with van der Waals surface area (Å²) in [5.74, 6) is 0. The highest BCUT2D eigenvalue weighted by Gasteiger charge is 2.02. The van der Waals surface area contributed by atoms with Crippen molar-refractivity contribution in [3.05, 3.63) is 64.1 Å². The Bertz CT molecular complexity index is 568. The Morgan fingerprint density at radius 3 is 2.44 bits per heavy atom. The van der Waals surface area contributed by atoms with Gasteiger partial charge in [0.2, 0.25) is 0 Å². The van der Waals surface area contributed by atoms with E-state index < -0.39 is 0 Å². The number of halogens is 3. The van der Waals surface area contributed by atoms with Crippen molar-refractivity contribution in [2.45, 2.75) is 0 Å². The molecule has 5 heteroatoms. The van der Waals surface area contributed by atoms with E-state index >= 15 is 0 Å². The van der Waals surface area contributed by atoms with Crippen LogP contribution in [0.25, 0.3) is 0 Å². The maximum Gasteiger partial charge on any atom is 0.156 e. The molecule has 2 aromatic carbocycles. The lowest BCUT2D eigenvalue weighted by Gasteiger charge is -2.04. The molecule has 0 saturated carbocycles. The van der Waals surface area contributed by atoms with Crippen molar-refractivity contribution >= 4 is 45.7 Å². The predicted molar refractivity (Wildman–Crippen MR) is 78.9 cm³/mol. The van der Waals surface area contributed by atoms with Crippen LogP contribution in [0.2, 0.25) is 10.0 Å². The molecule has 0 amide bonds. The monoisotopic (exact) mass is 298 g/mol. The van der Waals surface area contributed by atoms with Gasteiger partial charge in [-0.3, -0.25) is 5.43 Å². The van der Waals surface area contributed by atoms with E-state index in [1.807, 2.05) is 30.3 Å². The molecule has 0 radical (unpaired) electrons. The average Bonchev–Trinajstić information content (AvgIpc) is 2.40. The van der Waals surface area contributed by atoms with Gasteiger partial charge < -0.3 is 0 Å². The third-order valence-electron chi connectivity index (χ3n) is 2.21. The molecule has 0 bridgehead atoms. The Balaban J connectivity index is 2.18. The molecule has 0 spiro atoms. The second-order valence-corrected chi connectivity index (χ2v) is 4.71. The van der Waals surface area contributed by atoms with E-state index in [-0.39, 0.29) is 0 Å². The van der Waals surface area contributed by atoms with Gasteiger partial charge in [0.1, 0.15) is 0 Å². The summed E-state index contributed by atoms with van der Waals surface area (Å²) in [6.45, 7) is 0. The van der Waals surface area contributed by atoms with Crippen molar-refractivity contribution in [3.8, 4) is 0 Å². The number of hydrogen-bond acceptors (Lipinski definition) is 2. The molecule has 0 atom stereocenters. The Hall–Kier alpha value is -1.22. The van der Waals surface area contributed by atoms with Gasteiger partial charge in [0.15, 0.2) is 5.17 Å². The zero-order valence-corrected chi connectivity index (χ0v) is 11.5. The van der Waals surface area contributed by atoms with Crippen LogP contribution in [0, 0.1) is 0 Å². The van der Waals surface area contributed by atoms with Gasteiger partial charge in [0.25, 0.3) is 0 Å². The molecule has 0 aliphatic rings. The molecular formula is C13H9Cl3N2. The highest BCUT2D eigenvalue weighted by atomic mass is 35.5. The molecule has 0 heterocycles. The normalized spacial score (nSPS) is 11.4. The molecule has 0 unspecified atom stereocenters. The van der Waals surface area contributed by atoms with Crippen LogP contribution in [-0.2, 0) is 0 Å². The van der Waals surface area contributed by atoms with Crippen LogP contribution in [0.4, 0.5) is 5.69 Å². The van der Waals surface area contributed by atoms with Crippen molar-refractivity contribution in [2.24, 2.45) is 5.10 Å². The van der Waals surface area contributed by atoms with E-state index in [1.54, 1.807) is 18.2 Å². The number of nitrogens with one attached hydrogen (secondary N) is 1. The van der Waals surface area contributed by atoms with Crippen LogP contribution in [0.5, 0.6) is 0 Å². The van der Waals surface area contributed by atoms with Gasteiger partial charge in [0.05, 0.1) is 10.7 Å². The lowest BCUT2D eigenvalue weighted by molar-refractivity contribution is 1.34. The first kappa shape index (κ1) is 13.2. The van der Waals surface area contributed by atoms with E-state index in [0.717, 1.165) is 5.56 Å². The van der Waals surface area contributed by atoms with Gasteiger partial charge in [-0.05, 0) is 18.2 Å². The van der Waals surface area contributed by atoms with Gasteiger partial charge in [-0.25, -0.2) is 0 Å². The SMILES string of the molecule is ClC(=NNc1cc(Cl)ccc1Cl)c1ccccc1. The van der Waals surface area contributed by atoms with Gasteiger partial charge >= 0.3 is 0 Å². The third-order valence-corrected chi connectivity index (χ3v) is 3.08. The lowest BCUT2D eigenvalue weighted by atomic mass is 10.2. The smallest absolute Gasteiger partial charge is 0.156 e. The van der Waals surface area contributed by atoms with Crippen LogP contribution < -0.4 is 5.43 Å². The minimum absolute atomic E-state index is 0.353. The minimum Gasteiger partial charge on any atom is -0.275 e. The molecule has 2 rings (SSSR count). The molecule has 2 nitrogen and oxygen atoms in total. The highest BCUT2D eigenvalue weighted by Crippen LogP contribution is 2.25. The summed E-state index contributed by atoms with van der Waals surface area (Å²) in [6, 6.07) is 14.5. The van der Waals surface area contributed by atoms with Gasteiger partial charge in [-0.15, -0.1) is 0 Å². The molecule has 0 saturated heterocycles. The van der Waals surface area contributed by atoms with Crippen molar-refractivity contribution in [1.82, 2.24) is 0 Å². The second kappa shape index (κ2) is 6.10. The fourth-order valence-corrected chi connectivity index (χ4v) is 1.83. The Labute approximate surface area is 120 Å². The quantitative estimate of drug-likeness (QED) is 0.625. The van der Waals surface area contributed by atoms with E-state index in [2.05, 4.69) is 10.5 Å². The van der Waals surface area contributed by atoms with Gasteiger partial charge in [-0.2, -0.15) is 5.10 Å². The van der Waals surface area contributed by atoms with Crippen LogP contribution in [0.15, 0.2) is 53.6 Å². The molecule has 2 aromatic rings. The molecule has 0 aromatic heterocycles. The summed E-state index contributed by atoms with van der Waals surface area (Å²) in [4.78, 5) is 0. The molecule has 92 valence electrons. The van der Waals surface area contributed by atoms with Crippen LogP contribution in [0.3, 0.4) is 0 Å². The van der Waals surface area contributed by atoms with E-state index in [9.17, 15) is 0 Å². The van der Waals surface area contributed by atoms with Crippen LogP contribution in [0.1, 0.15) is 5.56 Å². The Kier molecular flexibility index (Phi) is 4.48. The molecule has 0 aliphatic carbocycles. The van der Waals surface area contributed by atoms with E-state index in [0.29, 0.717) is 20.9 Å². The number of anilines is 1. The Morgan fingerprint density at radius 1 is 1.00 bits per heavy atom. The topological polar surface area (TPSA) is 24.4 Å². The van der Waals surface area contributed by atoms with Crippen LogP contribution in [-0.4, -0.2) is 5.17 Å².